The van der Waals surface area contributed by atoms with Gasteiger partial charge < -0.3 is 0 Å². The van der Waals surface area contributed by atoms with E-state index in [9.17, 15) is 0 Å². The maximum absolute atomic E-state index is 5.14. The molecule has 0 aromatic heterocycles. The molecule has 0 bridgehead atoms. The Bertz CT molecular complexity index is 2510. The number of hydrogen-bond donors (Lipinski definition) is 0. The van der Waals surface area contributed by atoms with Crippen LogP contribution in [-0.4, -0.2) is 0 Å². The lowest BCUT2D eigenvalue weighted by Gasteiger charge is -2.22. The van der Waals surface area contributed by atoms with Gasteiger partial charge in [-0.1, -0.05) is 349 Å². The third-order valence-electron chi connectivity index (χ3n) is 21.1. The predicted molar refractivity (Wildman–Crippen MR) is 444 cm³/mol. The Morgan fingerprint density at radius 1 is 0.220 bits per heavy atom. The van der Waals surface area contributed by atoms with Crippen molar-refractivity contribution in [1.82, 2.24) is 0 Å². The third-order valence-corrected chi connectivity index (χ3v) is 22.4. The molecule has 0 amide bonds. The summed E-state index contributed by atoms with van der Waals surface area (Å²) in [7, 11) is 0. The van der Waals surface area contributed by atoms with Crippen LogP contribution in [0.2, 0.25) is 0 Å². The summed E-state index contributed by atoms with van der Waals surface area (Å²) in [5.74, 6) is 4.65. The van der Waals surface area contributed by atoms with Gasteiger partial charge in [0.25, 0.3) is 0 Å². The van der Waals surface area contributed by atoms with Crippen molar-refractivity contribution in [3.05, 3.63) is 180 Å². The summed E-state index contributed by atoms with van der Waals surface area (Å²) < 4.78 is 0. The Hall–Kier alpha value is -4.45. The first kappa shape index (κ1) is 93.6. The molecule has 5 aromatic rings. The molecule has 0 fully saturated rings. The highest BCUT2D eigenvalue weighted by atomic mass is 32.1. The fraction of sp³-hybridized carbons (Fsp3) is 0.556. The molecular formula is C90H130F5S5. The van der Waals surface area contributed by atoms with E-state index in [0.29, 0.717) is 0 Å². The lowest BCUT2D eigenvalue weighted by atomic mass is 9.84. The van der Waals surface area contributed by atoms with Gasteiger partial charge in [-0.3, -0.25) is 23.5 Å². The minimum atomic E-state index is 0. The fourth-order valence-electron chi connectivity index (χ4n) is 14.7. The molecule has 0 nitrogen and oxygen atoms in total. The molecule has 0 spiro atoms. The van der Waals surface area contributed by atoms with Gasteiger partial charge in [0, 0.05) is 24.5 Å². The van der Waals surface area contributed by atoms with E-state index in [4.69, 9.17) is 63.1 Å². The zero-order chi connectivity index (χ0) is 67.5. The molecule has 10 rings (SSSR count). The number of allylic oxidation sites excluding steroid dienone is 10. The summed E-state index contributed by atoms with van der Waals surface area (Å²) in [6.45, 7) is 11.4. The second kappa shape index (κ2) is 56.9. The van der Waals surface area contributed by atoms with Gasteiger partial charge in [0.1, 0.15) is 0 Å². The van der Waals surface area contributed by atoms with Crippen LogP contribution in [0, 0.1) is 29.6 Å². The van der Waals surface area contributed by atoms with Crippen molar-refractivity contribution in [2.45, 2.75) is 316 Å². The Balaban J connectivity index is 0.000000617. The molecule has 5 aliphatic carbocycles. The topological polar surface area (TPSA) is 0 Å². The van der Waals surface area contributed by atoms with Crippen molar-refractivity contribution in [2.24, 2.45) is 29.6 Å². The molecule has 0 aliphatic heterocycles. The summed E-state index contributed by atoms with van der Waals surface area (Å²) >= 11 is 25.7. The van der Waals surface area contributed by atoms with Gasteiger partial charge in [-0.05, 0) is 242 Å². The second-order valence-electron chi connectivity index (χ2n) is 28.7. The van der Waals surface area contributed by atoms with E-state index >= 15 is 0 Å². The van der Waals surface area contributed by atoms with Crippen molar-refractivity contribution in [1.29, 1.82) is 0 Å². The molecule has 555 valence electrons. The summed E-state index contributed by atoms with van der Waals surface area (Å²) in [5.41, 5.74) is 14.5. The van der Waals surface area contributed by atoms with E-state index in [-0.39, 0.29) is 23.5 Å². The van der Waals surface area contributed by atoms with E-state index < -0.39 is 0 Å². The first-order valence-electron chi connectivity index (χ1n) is 38.8. The lowest BCUT2D eigenvalue weighted by molar-refractivity contribution is 0.425. The minimum Gasteiger partial charge on any atom is -0.269 e. The van der Waals surface area contributed by atoms with Crippen LogP contribution in [0.5, 0.6) is 0 Å². The Labute approximate surface area is 635 Å². The Morgan fingerprint density at radius 3 is 0.490 bits per heavy atom. The fourth-order valence-corrected chi connectivity index (χ4v) is 15.4. The van der Waals surface area contributed by atoms with E-state index in [1.165, 1.54) is 313 Å². The lowest BCUT2D eigenvalue weighted by Crippen LogP contribution is -2.05. The smallest absolute Gasteiger partial charge is 0.0377 e. The molecule has 10 heteroatoms. The maximum Gasteiger partial charge on any atom is 0.0377 e. The van der Waals surface area contributed by atoms with Gasteiger partial charge in [0.2, 0.25) is 0 Å². The average Bonchev–Trinajstić information content (AvgIpc) is 0.924. The molecule has 5 radical (unpaired) electrons. The second-order valence-corrected chi connectivity index (χ2v) is 31.1. The van der Waals surface area contributed by atoms with Crippen molar-refractivity contribution >= 4 is 91.0 Å². The van der Waals surface area contributed by atoms with Crippen LogP contribution < -0.4 is 0 Å². The van der Waals surface area contributed by atoms with Crippen molar-refractivity contribution in [2.75, 3.05) is 0 Å². The quantitative estimate of drug-likeness (QED) is 0.0318. The molecule has 5 unspecified atom stereocenters. The Morgan fingerprint density at radius 2 is 0.370 bits per heavy atom. The summed E-state index contributed by atoms with van der Waals surface area (Å²) in [6, 6.07) is 42.2. The molecule has 0 heterocycles. The highest BCUT2D eigenvalue weighted by Crippen LogP contribution is 2.38. The van der Waals surface area contributed by atoms with Gasteiger partial charge in [-0.2, -0.15) is 0 Å². The number of halogens is 5. The maximum atomic E-state index is 5.14. The highest BCUT2D eigenvalue weighted by molar-refractivity contribution is 7.81. The predicted octanol–water partition coefficient (Wildman–Crippen LogP) is 32.7. The highest BCUT2D eigenvalue weighted by Gasteiger charge is 2.20. The van der Waals surface area contributed by atoms with E-state index in [1.807, 2.05) is 60.7 Å². The van der Waals surface area contributed by atoms with Crippen molar-refractivity contribution in [3.63, 3.8) is 0 Å². The molecular weight excluding hydrogens is 1340 g/mol. The van der Waals surface area contributed by atoms with Crippen LogP contribution in [0.15, 0.2) is 176 Å². The standard InChI is InChI=1S/5C18H25S.5FH/c5*1-2-3-4-5-6-15-7-9-16(10-8-15)17-11-13-18(19)14-12-17;;;;;/h5*9,11-15H,2-8,10H2,1H3;5*1H. The number of unbranched alkanes of at least 4 members (excludes halogenated alkanes) is 15. The summed E-state index contributed by atoms with van der Waals surface area (Å²) in [4.78, 5) is 4.69. The summed E-state index contributed by atoms with van der Waals surface area (Å²) in [5, 5.41) is 0. The first-order valence-corrected chi connectivity index (χ1v) is 40.8. The molecule has 0 saturated heterocycles. The normalized spacial score (nSPS) is 18.2. The number of hydrogen-bond acceptors (Lipinski definition) is 0. The number of benzene rings is 5. The molecule has 100 heavy (non-hydrogen) atoms. The largest absolute Gasteiger partial charge is 0.269 e. The monoisotopic (exact) mass is 1470 g/mol. The first-order chi connectivity index (χ1) is 46.5. The Kier molecular flexibility index (Phi) is 53.3. The van der Waals surface area contributed by atoms with Gasteiger partial charge in [-0.25, -0.2) is 0 Å². The zero-order valence-electron chi connectivity index (χ0n) is 62.2. The van der Waals surface area contributed by atoms with E-state index in [2.05, 4.69) is 126 Å². The van der Waals surface area contributed by atoms with Crippen molar-refractivity contribution < 1.29 is 23.5 Å². The van der Waals surface area contributed by atoms with Crippen LogP contribution in [0.3, 0.4) is 0 Å². The van der Waals surface area contributed by atoms with E-state index in [0.717, 1.165) is 54.1 Å². The third kappa shape index (κ3) is 37.8. The summed E-state index contributed by atoms with van der Waals surface area (Å²) in [6.07, 6.45) is 66.8. The van der Waals surface area contributed by atoms with Gasteiger partial charge in [0.15, 0.2) is 0 Å². The SMILES string of the molecule is CCCCCCC1CC=C(c2ccc([S])cc2)CC1.CCCCCCC1CC=C(c2ccc([S])cc2)CC1.CCCCCCC1CC=C(c2ccc([S])cc2)CC1.CCCCCCC1CC=C(c2ccc([S])cc2)CC1.CCCCCCC1CC=C(c2ccc([S])cc2)CC1.F.F.F.F.F. The molecule has 5 aliphatic rings. The van der Waals surface area contributed by atoms with Gasteiger partial charge in [0.05, 0.1) is 0 Å². The van der Waals surface area contributed by atoms with Gasteiger partial charge >= 0.3 is 0 Å². The molecule has 0 N–H and O–H groups in total. The van der Waals surface area contributed by atoms with Gasteiger partial charge in [-0.15, -0.1) is 0 Å². The molecule has 5 aromatic carbocycles. The van der Waals surface area contributed by atoms with Crippen LogP contribution in [-0.2, 0) is 0 Å². The van der Waals surface area contributed by atoms with Crippen LogP contribution >= 0.6 is 63.1 Å². The van der Waals surface area contributed by atoms with Crippen LogP contribution in [0.25, 0.3) is 27.9 Å². The zero-order valence-corrected chi connectivity index (χ0v) is 66.3. The molecule has 5 atom stereocenters. The number of rotatable bonds is 30. The van der Waals surface area contributed by atoms with Crippen molar-refractivity contribution in [3.8, 4) is 0 Å². The van der Waals surface area contributed by atoms with Crippen LogP contribution in [0.1, 0.15) is 319 Å². The van der Waals surface area contributed by atoms with E-state index in [1.54, 1.807) is 0 Å². The van der Waals surface area contributed by atoms with Crippen LogP contribution in [0.4, 0.5) is 23.5 Å². The average molecular weight is 1470 g/mol. The molecule has 0 saturated carbocycles. The minimum absolute atomic E-state index is 0.